The molecule has 0 saturated carbocycles. The fourth-order valence-electron chi connectivity index (χ4n) is 3.72. The smallest absolute Gasteiger partial charge is 0.313 e. The third kappa shape index (κ3) is 15.2. The molecule has 0 atom stereocenters. The highest BCUT2D eigenvalue weighted by Gasteiger charge is 2.29. The normalized spacial score (nSPS) is 11.9. The molecular weight excluding hydrogens is 338 g/mol. The largest absolute Gasteiger partial charge is 0.390 e. The Balaban J connectivity index is 3.43. The minimum Gasteiger partial charge on any atom is -0.390 e. The number of rotatable bonds is 20. The van der Waals surface area contributed by atoms with Crippen LogP contribution in [0.2, 0.25) is 0 Å². The highest BCUT2D eigenvalue weighted by molar-refractivity contribution is 5.68. The van der Waals surface area contributed by atoms with Gasteiger partial charge in [-0.25, -0.2) is 4.79 Å². The number of hydrogen-bond acceptors (Lipinski definition) is 3. The Hall–Kier alpha value is -0.450. The van der Waals surface area contributed by atoms with Gasteiger partial charge < -0.3 is 10.2 Å². The minimum absolute atomic E-state index is 0.0128. The number of quaternary nitrogens is 1. The fourth-order valence-corrected chi connectivity index (χ4v) is 3.72. The van der Waals surface area contributed by atoms with E-state index in [1.165, 1.54) is 83.5 Å². The Morgan fingerprint density at radius 3 is 1.30 bits per heavy atom. The zero-order valence-electron chi connectivity index (χ0n) is 18.4. The summed E-state index contributed by atoms with van der Waals surface area (Å²) in [7, 11) is 1.82. The van der Waals surface area contributed by atoms with Gasteiger partial charge in [0.2, 0.25) is 0 Å². The van der Waals surface area contributed by atoms with Crippen molar-refractivity contribution >= 4 is 5.91 Å². The second-order valence-electron chi connectivity index (χ2n) is 8.38. The molecule has 0 saturated heterocycles. The van der Waals surface area contributed by atoms with Crippen LogP contribution < -0.4 is 0 Å². The Bertz CT molecular complexity index is 328. The number of aliphatic hydroxyl groups is 2. The van der Waals surface area contributed by atoms with Crippen LogP contribution in [0.25, 0.3) is 0 Å². The van der Waals surface area contributed by atoms with Crippen molar-refractivity contribution in [3.63, 3.8) is 0 Å². The maximum Gasteiger partial charge on any atom is 0.313 e. The van der Waals surface area contributed by atoms with E-state index in [1.807, 2.05) is 7.05 Å². The van der Waals surface area contributed by atoms with Crippen molar-refractivity contribution in [2.45, 2.75) is 110 Å². The predicted octanol–water partition coefficient (Wildman–Crippen LogP) is 5.21. The summed E-state index contributed by atoms with van der Waals surface area (Å²) in [5, 5.41) is 18.3. The number of carbonyl (C=O) groups excluding carboxylic acids is 1. The summed E-state index contributed by atoms with van der Waals surface area (Å²) in [6.45, 7) is 3.05. The van der Waals surface area contributed by atoms with E-state index in [2.05, 4.69) is 6.92 Å². The third-order valence-electron chi connectivity index (χ3n) is 5.78. The summed E-state index contributed by atoms with van der Waals surface area (Å²) in [5.41, 5.74) is 0. The Morgan fingerprint density at radius 1 is 0.630 bits per heavy atom. The lowest BCUT2D eigenvalue weighted by Crippen LogP contribution is -2.52. The quantitative estimate of drug-likeness (QED) is 0.223. The molecular formula is C23H48NO3+. The van der Waals surface area contributed by atoms with E-state index in [4.69, 9.17) is 10.2 Å². The van der Waals surface area contributed by atoms with Crippen molar-refractivity contribution in [1.29, 1.82) is 0 Å². The number of hydrogen-bond donors (Lipinski definition) is 2. The summed E-state index contributed by atoms with van der Waals surface area (Å²) in [6, 6.07) is 0. The zero-order valence-corrected chi connectivity index (χ0v) is 18.4. The number of aliphatic hydroxyl groups excluding tert-OH is 2. The first-order valence-corrected chi connectivity index (χ1v) is 11.7. The summed E-state index contributed by atoms with van der Waals surface area (Å²) < 4.78 is 0.158. The van der Waals surface area contributed by atoms with Crippen LogP contribution in [-0.2, 0) is 4.79 Å². The van der Waals surface area contributed by atoms with E-state index in [1.54, 1.807) is 0 Å². The molecule has 0 aliphatic carbocycles. The molecule has 0 heterocycles. The average molecular weight is 387 g/mol. The van der Waals surface area contributed by atoms with Crippen LogP contribution in [0.1, 0.15) is 110 Å². The predicted molar refractivity (Wildman–Crippen MR) is 115 cm³/mol. The summed E-state index contributed by atoms with van der Waals surface area (Å²) in [5.74, 6) is 0.146. The van der Waals surface area contributed by atoms with Gasteiger partial charge in [0.15, 0.2) is 0 Å². The lowest BCUT2D eigenvalue weighted by Gasteiger charge is -2.30. The number of unbranched alkanes of at least 4 members (excludes halogenated alkanes) is 14. The molecule has 0 aromatic carbocycles. The molecule has 0 aromatic rings. The lowest BCUT2D eigenvalue weighted by atomic mass is 10.0. The molecule has 0 aliphatic heterocycles. The summed E-state index contributed by atoms with van der Waals surface area (Å²) >= 11 is 0. The second-order valence-corrected chi connectivity index (χ2v) is 8.38. The first-order chi connectivity index (χ1) is 13.1. The Labute approximate surface area is 168 Å². The van der Waals surface area contributed by atoms with Gasteiger partial charge in [0.1, 0.15) is 13.1 Å². The summed E-state index contributed by atoms with van der Waals surface area (Å²) in [6.07, 6.45) is 20.4. The van der Waals surface area contributed by atoms with Gasteiger partial charge in [-0.2, -0.15) is 0 Å². The first kappa shape index (κ1) is 26.6. The van der Waals surface area contributed by atoms with Gasteiger partial charge in [-0.3, -0.25) is 4.48 Å². The molecule has 162 valence electrons. The van der Waals surface area contributed by atoms with Gasteiger partial charge in [-0.05, 0) is 6.42 Å². The van der Waals surface area contributed by atoms with Crippen LogP contribution in [0.3, 0.4) is 0 Å². The molecule has 4 heteroatoms. The average Bonchev–Trinajstić information content (AvgIpc) is 2.65. The van der Waals surface area contributed by atoms with Crippen LogP contribution in [0.4, 0.5) is 0 Å². The summed E-state index contributed by atoms with van der Waals surface area (Å²) in [4.78, 5) is 12.3. The molecule has 0 aliphatic rings. The highest BCUT2D eigenvalue weighted by Crippen LogP contribution is 2.15. The SMILES string of the molecule is CCCCCCCCCCCCCCCCCC(=O)[N+](C)(CCO)CCO. The zero-order chi connectivity index (χ0) is 20.2. The maximum absolute atomic E-state index is 12.3. The number of likely N-dealkylation sites (N-methyl/N-ethyl adjacent to an activating group) is 1. The number of carbonyl (C=O) groups is 1. The van der Waals surface area contributed by atoms with Gasteiger partial charge in [-0.15, -0.1) is 0 Å². The van der Waals surface area contributed by atoms with Crippen LogP contribution in [0.15, 0.2) is 0 Å². The Morgan fingerprint density at radius 2 is 0.963 bits per heavy atom. The molecule has 0 fully saturated rings. The van der Waals surface area contributed by atoms with E-state index < -0.39 is 0 Å². The molecule has 4 nitrogen and oxygen atoms in total. The maximum atomic E-state index is 12.3. The van der Waals surface area contributed by atoms with E-state index in [0.29, 0.717) is 19.5 Å². The Kier molecular flexibility index (Phi) is 18.6. The van der Waals surface area contributed by atoms with E-state index in [-0.39, 0.29) is 23.6 Å². The van der Waals surface area contributed by atoms with Crippen LogP contribution >= 0.6 is 0 Å². The van der Waals surface area contributed by atoms with Crippen molar-refractivity contribution in [3.05, 3.63) is 0 Å². The van der Waals surface area contributed by atoms with E-state index in [0.717, 1.165) is 12.8 Å². The van der Waals surface area contributed by atoms with Gasteiger partial charge >= 0.3 is 5.91 Å². The first-order valence-electron chi connectivity index (χ1n) is 11.7. The van der Waals surface area contributed by atoms with E-state index in [9.17, 15) is 4.79 Å². The number of amides is 1. The number of nitrogens with zero attached hydrogens (tertiary/aromatic N) is 1. The topological polar surface area (TPSA) is 57.5 Å². The van der Waals surface area contributed by atoms with Gasteiger partial charge in [0.25, 0.3) is 0 Å². The van der Waals surface area contributed by atoms with Crippen LogP contribution in [-0.4, -0.2) is 54.0 Å². The van der Waals surface area contributed by atoms with Gasteiger partial charge in [0.05, 0.1) is 26.7 Å². The standard InChI is InChI=1S/C23H48NO3/c1-3-4-5-6-7-8-9-10-11-12-13-14-15-16-17-18-23(27)24(2,19-21-25)20-22-26/h25-26H,3-22H2,1-2H3/q+1. The van der Waals surface area contributed by atoms with Crippen molar-refractivity contribution < 1.29 is 19.5 Å². The third-order valence-corrected chi connectivity index (χ3v) is 5.78. The molecule has 0 bridgehead atoms. The molecule has 27 heavy (non-hydrogen) atoms. The van der Waals surface area contributed by atoms with Crippen molar-refractivity contribution in [2.24, 2.45) is 0 Å². The molecule has 0 rings (SSSR count). The van der Waals surface area contributed by atoms with Crippen LogP contribution in [0.5, 0.6) is 0 Å². The van der Waals surface area contributed by atoms with Crippen LogP contribution in [0, 0.1) is 0 Å². The molecule has 0 spiro atoms. The molecule has 0 unspecified atom stereocenters. The van der Waals surface area contributed by atoms with E-state index >= 15 is 0 Å². The lowest BCUT2D eigenvalue weighted by molar-refractivity contribution is -0.835. The monoisotopic (exact) mass is 386 g/mol. The fraction of sp³-hybridized carbons (Fsp3) is 0.957. The highest BCUT2D eigenvalue weighted by atomic mass is 16.3. The molecule has 0 aromatic heterocycles. The van der Waals surface area contributed by atoms with Crippen molar-refractivity contribution in [3.8, 4) is 0 Å². The minimum atomic E-state index is -0.0128. The van der Waals surface area contributed by atoms with Crippen molar-refractivity contribution in [2.75, 3.05) is 33.4 Å². The molecule has 0 radical (unpaired) electrons. The van der Waals surface area contributed by atoms with Gasteiger partial charge in [0, 0.05) is 0 Å². The second kappa shape index (κ2) is 18.9. The van der Waals surface area contributed by atoms with Crippen molar-refractivity contribution in [1.82, 2.24) is 0 Å². The van der Waals surface area contributed by atoms with Gasteiger partial charge in [-0.1, -0.05) is 96.8 Å². The molecule has 2 N–H and O–H groups in total. The molecule has 1 amide bonds.